The molecule has 0 unspecified atom stereocenters. The molecule has 86 valence electrons. The number of anilines is 1. The van der Waals surface area contributed by atoms with Crippen molar-refractivity contribution in [3.05, 3.63) is 28.2 Å². The number of halogens is 1. The number of hydrogen-bond acceptors (Lipinski definition) is 4. The lowest BCUT2D eigenvalue weighted by Crippen LogP contribution is -2.23. The molecule has 16 heavy (non-hydrogen) atoms. The predicted molar refractivity (Wildman–Crippen MR) is 65.2 cm³/mol. The molecule has 0 saturated carbocycles. The molecule has 0 amide bonds. The molecule has 0 aliphatic rings. The highest BCUT2D eigenvalue weighted by molar-refractivity contribution is 9.10. The van der Waals surface area contributed by atoms with Gasteiger partial charge in [0.2, 0.25) is 0 Å². The van der Waals surface area contributed by atoms with E-state index in [1.807, 2.05) is 12.1 Å². The lowest BCUT2D eigenvalue weighted by Gasteiger charge is -2.15. The number of hydrogen-bond donors (Lipinski definition) is 1. The lowest BCUT2D eigenvalue weighted by molar-refractivity contribution is -0.0914. The summed E-state index contributed by atoms with van der Waals surface area (Å²) < 4.78 is 11.0. The molecule has 4 nitrogen and oxygen atoms in total. The van der Waals surface area contributed by atoms with Crippen molar-refractivity contribution in [2.75, 3.05) is 26.1 Å². The van der Waals surface area contributed by atoms with E-state index in [-0.39, 0.29) is 6.29 Å². The fourth-order valence-electron chi connectivity index (χ4n) is 1.22. The summed E-state index contributed by atoms with van der Waals surface area (Å²) in [6.45, 7) is 0.489. The first-order valence-electron chi connectivity index (χ1n) is 4.70. The maximum atomic E-state index is 8.95. The third kappa shape index (κ3) is 3.49. The predicted octanol–water partition coefficient (Wildman–Crippen LogP) is 2.35. The van der Waals surface area contributed by atoms with Crippen molar-refractivity contribution >= 4 is 21.6 Å². The van der Waals surface area contributed by atoms with Crippen molar-refractivity contribution in [1.29, 1.82) is 5.26 Å². The van der Waals surface area contributed by atoms with Crippen molar-refractivity contribution in [2.45, 2.75) is 6.29 Å². The van der Waals surface area contributed by atoms with Crippen LogP contribution in [0.5, 0.6) is 0 Å². The van der Waals surface area contributed by atoms with Gasteiger partial charge in [0.15, 0.2) is 6.29 Å². The van der Waals surface area contributed by atoms with E-state index in [4.69, 9.17) is 14.7 Å². The van der Waals surface area contributed by atoms with E-state index < -0.39 is 0 Å². The number of methoxy groups -OCH3 is 2. The van der Waals surface area contributed by atoms with Crippen LogP contribution in [0.1, 0.15) is 5.56 Å². The van der Waals surface area contributed by atoms with Crippen LogP contribution in [0.3, 0.4) is 0 Å². The van der Waals surface area contributed by atoms with E-state index in [2.05, 4.69) is 27.3 Å². The molecule has 1 rings (SSSR count). The second-order valence-corrected chi connectivity index (χ2v) is 4.00. The highest BCUT2D eigenvalue weighted by atomic mass is 79.9. The highest BCUT2D eigenvalue weighted by Gasteiger charge is 2.07. The van der Waals surface area contributed by atoms with E-state index in [9.17, 15) is 0 Å². The van der Waals surface area contributed by atoms with Gasteiger partial charge in [0, 0.05) is 18.7 Å². The first-order valence-corrected chi connectivity index (χ1v) is 5.49. The average molecular weight is 285 g/mol. The summed E-state index contributed by atoms with van der Waals surface area (Å²) in [7, 11) is 3.14. The fourth-order valence-corrected chi connectivity index (χ4v) is 1.58. The second kappa shape index (κ2) is 6.48. The molecular weight excluding hydrogens is 272 g/mol. The molecule has 0 fully saturated rings. The smallest absolute Gasteiger partial charge is 0.173 e. The van der Waals surface area contributed by atoms with Crippen LogP contribution >= 0.6 is 15.9 Å². The topological polar surface area (TPSA) is 54.3 Å². The van der Waals surface area contributed by atoms with E-state index >= 15 is 0 Å². The number of rotatable bonds is 5. The average Bonchev–Trinajstić information content (AvgIpc) is 2.31. The third-order valence-corrected chi connectivity index (χ3v) is 2.58. The molecule has 0 heterocycles. The van der Waals surface area contributed by atoms with Gasteiger partial charge >= 0.3 is 0 Å². The van der Waals surface area contributed by atoms with Crippen molar-refractivity contribution in [3.8, 4) is 6.07 Å². The molecule has 5 heteroatoms. The van der Waals surface area contributed by atoms with Crippen molar-refractivity contribution < 1.29 is 9.47 Å². The van der Waals surface area contributed by atoms with Crippen molar-refractivity contribution in [3.63, 3.8) is 0 Å². The summed E-state index contributed by atoms with van der Waals surface area (Å²) in [4.78, 5) is 0. The fraction of sp³-hybridized carbons (Fsp3) is 0.364. The van der Waals surface area contributed by atoms with Gasteiger partial charge in [-0.3, -0.25) is 0 Å². The highest BCUT2D eigenvalue weighted by Crippen LogP contribution is 2.20. The Hall–Kier alpha value is -1.09. The van der Waals surface area contributed by atoms with Crippen LogP contribution < -0.4 is 5.32 Å². The number of ether oxygens (including phenoxy) is 2. The normalized spacial score (nSPS) is 10.2. The second-order valence-electron chi connectivity index (χ2n) is 3.08. The Morgan fingerprint density at radius 2 is 2.12 bits per heavy atom. The van der Waals surface area contributed by atoms with E-state index in [0.717, 1.165) is 10.2 Å². The molecule has 1 N–H and O–H groups in total. The zero-order valence-corrected chi connectivity index (χ0v) is 10.7. The summed E-state index contributed by atoms with van der Waals surface area (Å²) in [5, 5.41) is 12.0. The van der Waals surface area contributed by atoms with Gasteiger partial charge in [0.1, 0.15) is 6.07 Å². The first-order chi connectivity index (χ1) is 7.71. The summed E-state index contributed by atoms with van der Waals surface area (Å²) >= 11 is 3.32. The van der Waals surface area contributed by atoms with Gasteiger partial charge in [0.05, 0.1) is 17.8 Å². The van der Waals surface area contributed by atoms with Gasteiger partial charge in [0.25, 0.3) is 0 Å². The molecular formula is C11H13BrN2O2. The molecule has 0 aliphatic carbocycles. The third-order valence-electron chi connectivity index (χ3n) is 2.09. The van der Waals surface area contributed by atoms with Gasteiger partial charge in [-0.15, -0.1) is 0 Å². The van der Waals surface area contributed by atoms with Crippen LogP contribution in [-0.4, -0.2) is 27.1 Å². The van der Waals surface area contributed by atoms with E-state index in [1.165, 1.54) is 0 Å². The summed E-state index contributed by atoms with van der Waals surface area (Å²) in [5.41, 5.74) is 1.35. The number of benzene rings is 1. The Kier molecular flexibility index (Phi) is 5.26. The Labute approximate surface area is 103 Å². The van der Waals surface area contributed by atoms with Crippen LogP contribution in [-0.2, 0) is 9.47 Å². The van der Waals surface area contributed by atoms with Crippen molar-refractivity contribution in [2.24, 2.45) is 0 Å². The summed E-state index contributed by atoms with van der Waals surface area (Å²) in [6.07, 6.45) is -0.324. The molecule has 0 aromatic heterocycles. The maximum Gasteiger partial charge on any atom is 0.173 e. The zero-order valence-electron chi connectivity index (χ0n) is 9.16. The summed E-state index contributed by atoms with van der Waals surface area (Å²) in [6, 6.07) is 7.59. The van der Waals surface area contributed by atoms with Gasteiger partial charge < -0.3 is 14.8 Å². The van der Waals surface area contributed by atoms with Crippen LogP contribution in [0.25, 0.3) is 0 Å². The lowest BCUT2D eigenvalue weighted by atomic mass is 10.2. The molecule has 0 saturated heterocycles. The molecule has 1 aromatic carbocycles. The maximum absolute atomic E-state index is 8.95. The van der Waals surface area contributed by atoms with Crippen LogP contribution in [0.4, 0.5) is 5.69 Å². The molecule has 0 bridgehead atoms. The van der Waals surface area contributed by atoms with Crippen molar-refractivity contribution in [1.82, 2.24) is 0 Å². The van der Waals surface area contributed by atoms with Gasteiger partial charge in [-0.05, 0) is 18.2 Å². The molecule has 0 atom stereocenters. The van der Waals surface area contributed by atoms with Gasteiger partial charge in [-0.2, -0.15) is 5.26 Å². The van der Waals surface area contributed by atoms with E-state index in [0.29, 0.717) is 12.1 Å². The number of nitrogens with zero attached hydrogens (tertiary/aromatic N) is 1. The number of nitriles is 1. The quantitative estimate of drug-likeness (QED) is 0.844. The van der Waals surface area contributed by atoms with Crippen LogP contribution in [0.2, 0.25) is 0 Å². The summed E-state index contributed by atoms with van der Waals surface area (Å²) in [5.74, 6) is 0. The molecule has 1 aromatic rings. The molecule has 0 aliphatic heterocycles. The minimum atomic E-state index is -0.324. The van der Waals surface area contributed by atoms with Crippen LogP contribution in [0, 0.1) is 11.3 Å². The van der Waals surface area contributed by atoms with Crippen LogP contribution in [0.15, 0.2) is 22.7 Å². The Morgan fingerprint density at radius 1 is 1.44 bits per heavy atom. The Balaban J connectivity index is 2.70. The largest absolute Gasteiger partial charge is 0.379 e. The Bertz CT molecular complexity index is 386. The Morgan fingerprint density at radius 3 is 2.69 bits per heavy atom. The SMILES string of the molecule is COC(CNc1ccc(Br)cc1C#N)OC. The zero-order chi connectivity index (χ0) is 12.0. The minimum Gasteiger partial charge on any atom is -0.379 e. The monoisotopic (exact) mass is 284 g/mol. The van der Waals surface area contributed by atoms with E-state index in [1.54, 1.807) is 20.3 Å². The molecule has 0 radical (unpaired) electrons. The number of nitrogens with one attached hydrogen (secondary N) is 1. The van der Waals surface area contributed by atoms with Gasteiger partial charge in [-0.1, -0.05) is 15.9 Å². The molecule has 0 spiro atoms. The minimum absolute atomic E-state index is 0.324. The van der Waals surface area contributed by atoms with Gasteiger partial charge in [-0.25, -0.2) is 0 Å². The first kappa shape index (κ1) is 13.0. The standard InChI is InChI=1S/C11H13BrN2O2/c1-15-11(16-2)7-14-10-4-3-9(12)5-8(10)6-13/h3-5,11,14H,7H2,1-2H3.